The van der Waals surface area contributed by atoms with Gasteiger partial charge in [0, 0.05) is 11.0 Å². The monoisotopic (exact) mass is 263 g/mol. The van der Waals surface area contributed by atoms with E-state index in [1.54, 1.807) is 0 Å². The van der Waals surface area contributed by atoms with Crippen molar-refractivity contribution in [3.8, 4) is 0 Å². The lowest BCUT2D eigenvalue weighted by Crippen LogP contribution is -2.19. The highest BCUT2D eigenvalue weighted by Gasteiger charge is 2.18. The molecule has 2 rings (SSSR count). The van der Waals surface area contributed by atoms with Gasteiger partial charge in [0.25, 0.3) is 0 Å². The van der Waals surface area contributed by atoms with Crippen LogP contribution in [0.2, 0.25) is 0 Å². The van der Waals surface area contributed by atoms with Crippen LogP contribution in [0, 0.1) is 0 Å². The Kier molecular flexibility index (Phi) is 5.59. The van der Waals surface area contributed by atoms with Gasteiger partial charge in [-0.1, -0.05) is 54.8 Å². The molecule has 1 fully saturated rings. The van der Waals surface area contributed by atoms with Crippen LogP contribution in [0.3, 0.4) is 0 Å². The molecule has 1 N–H and O–H groups in total. The third-order valence-electron chi connectivity index (χ3n) is 3.44. The third kappa shape index (κ3) is 4.05. The second-order valence-corrected chi connectivity index (χ2v) is 6.02. The van der Waals surface area contributed by atoms with Crippen molar-refractivity contribution < 1.29 is 5.21 Å². The summed E-state index contributed by atoms with van der Waals surface area (Å²) in [4.78, 5) is 0. The van der Waals surface area contributed by atoms with Crippen molar-refractivity contribution in [3.05, 3.63) is 35.9 Å². The Morgan fingerprint density at radius 2 is 1.89 bits per heavy atom. The molecule has 0 aromatic heterocycles. The van der Waals surface area contributed by atoms with Gasteiger partial charge < -0.3 is 5.21 Å². The summed E-state index contributed by atoms with van der Waals surface area (Å²) < 4.78 is 0. The molecule has 1 atom stereocenters. The van der Waals surface area contributed by atoms with Crippen LogP contribution < -0.4 is 0 Å². The molecule has 2 nitrogen and oxygen atoms in total. The van der Waals surface area contributed by atoms with Crippen LogP contribution in [0.4, 0.5) is 0 Å². The maximum Gasteiger partial charge on any atom is 0.0700 e. The largest absolute Gasteiger partial charge is 0.411 e. The fraction of sp³-hybridized carbons (Fsp3) is 0.533. The average Bonchev–Trinajstić information content (AvgIpc) is 2.39. The molecule has 1 aliphatic rings. The lowest BCUT2D eigenvalue weighted by molar-refractivity contribution is 0.315. The van der Waals surface area contributed by atoms with Gasteiger partial charge in [-0.15, -0.1) is 11.8 Å². The fourth-order valence-corrected chi connectivity index (χ4v) is 3.66. The van der Waals surface area contributed by atoms with Gasteiger partial charge in [-0.3, -0.25) is 0 Å². The van der Waals surface area contributed by atoms with Crippen molar-refractivity contribution in [2.24, 2.45) is 5.16 Å². The van der Waals surface area contributed by atoms with E-state index in [0.717, 1.165) is 24.3 Å². The molecule has 98 valence electrons. The molecule has 0 aliphatic heterocycles. The zero-order valence-corrected chi connectivity index (χ0v) is 11.5. The molecular weight excluding hydrogens is 242 g/mol. The first-order chi connectivity index (χ1) is 8.90. The lowest BCUT2D eigenvalue weighted by Gasteiger charge is -2.20. The van der Waals surface area contributed by atoms with Crippen LogP contribution in [0.1, 0.15) is 44.1 Å². The van der Waals surface area contributed by atoms with E-state index < -0.39 is 0 Å². The molecule has 1 saturated carbocycles. The summed E-state index contributed by atoms with van der Waals surface area (Å²) in [5, 5.41) is 13.1. The number of thioether (sulfide) groups is 1. The van der Waals surface area contributed by atoms with Crippen LogP contribution in [0.25, 0.3) is 0 Å². The highest BCUT2D eigenvalue weighted by Crippen LogP contribution is 2.27. The van der Waals surface area contributed by atoms with Crippen molar-refractivity contribution in [2.75, 3.05) is 0 Å². The summed E-state index contributed by atoms with van der Waals surface area (Å²) >= 11 is 1.91. The van der Waals surface area contributed by atoms with Gasteiger partial charge in [-0.2, -0.15) is 0 Å². The van der Waals surface area contributed by atoms with E-state index in [-0.39, 0.29) is 0 Å². The minimum atomic E-state index is 0.399. The van der Waals surface area contributed by atoms with E-state index in [4.69, 9.17) is 5.21 Å². The zero-order valence-electron chi connectivity index (χ0n) is 10.7. The second-order valence-electron chi connectivity index (χ2n) is 4.83. The number of oxime groups is 1. The predicted molar refractivity (Wildman–Crippen MR) is 78.4 cm³/mol. The predicted octanol–water partition coefficient (Wildman–Crippen LogP) is 4.47. The normalized spacial score (nSPS) is 23.6. The standard InChI is InChI=1S/C15H21NOS/c17-16-14-10-6-1-2-7-11-15(14)18-12-13-8-4-3-5-9-13/h3-5,8-9,15,17H,1-2,6-7,10-12H2/b16-14-/t15-/m1/s1. The molecule has 0 heterocycles. The first kappa shape index (κ1) is 13.5. The van der Waals surface area contributed by atoms with Crippen molar-refractivity contribution in [1.82, 2.24) is 0 Å². The summed E-state index contributed by atoms with van der Waals surface area (Å²) in [6.45, 7) is 0. The van der Waals surface area contributed by atoms with Crippen LogP contribution >= 0.6 is 11.8 Å². The van der Waals surface area contributed by atoms with Crippen molar-refractivity contribution in [3.63, 3.8) is 0 Å². The minimum Gasteiger partial charge on any atom is -0.411 e. The lowest BCUT2D eigenvalue weighted by atomic mass is 9.99. The first-order valence-corrected chi connectivity index (χ1v) is 7.81. The highest BCUT2D eigenvalue weighted by atomic mass is 32.2. The van der Waals surface area contributed by atoms with E-state index in [1.165, 1.54) is 31.2 Å². The molecule has 0 unspecified atom stereocenters. The van der Waals surface area contributed by atoms with Crippen LogP contribution in [0.15, 0.2) is 35.5 Å². The maximum absolute atomic E-state index is 9.15. The second kappa shape index (κ2) is 7.47. The Balaban J connectivity index is 1.92. The molecule has 1 aromatic rings. The van der Waals surface area contributed by atoms with Gasteiger partial charge in [0.1, 0.15) is 0 Å². The topological polar surface area (TPSA) is 32.6 Å². The first-order valence-electron chi connectivity index (χ1n) is 6.76. The molecule has 0 bridgehead atoms. The Labute approximate surface area is 113 Å². The van der Waals surface area contributed by atoms with E-state index in [2.05, 4.69) is 29.4 Å². The minimum absolute atomic E-state index is 0.399. The van der Waals surface area contributed by atoms with Crippen LogP contribution in [-0.4, -0.2) is 16.2 Å². The molecule has 0 amide bonds. The van der Waals surface area contributed by atoms with Gasteiger partial charge in [0.15, 0.2) is 0 Å². The van der Waals surface area contributed by atoms with Crippen LogP contribution in [0.5, 0.6) is 0 Å². The Morgan fingerprint density at radius 1 is 1.11 bits per heavy atom. The van der Waals surface area contributed by atoms with Crippen LogP contribution in [-0.2, 0) is 5.75 Å². The van der Waals surface area contributed by atoms with E-state index in [0.29, 0.717) is 5.25 Å². The Bertz CT molecular complexity index is 377. The number of hydrogen-bond acceptors (Lipinski definition) is 3. The number of nitrogens with zero attached hydrogens (tertiary/aromatic N) is 1. The van der Waals surface area contributed by atoms with Crippen molar-refractivity contribution in [1.29, 1.82) is 0 Å². The molecule has 0 spiro atoms. The molecule has 18 heavy (non-hydrogen) atoms. The van der Waals surface area contributed by atoms with E-state index in [9.17, 15) is 0 Å². The molecule has 0 saturated heterocycles. The quantitative estimate of drug-likeness (QED) is 0.644. The molecule has 0 radical (unpaired) electrons. The Hall–Kier alpha value is -0.960. The summed E-state index contributed by atoms with van der Waals surface area (Å²) in [6, 6.07) is 10.5. The number of benzene rings is 1. The number of rotatable bonds is 3. The molecule has 1 aromatic carbocycles. The summed E-state index contributed by atoms with van der Waals surface area (Å²) in [7, 11) is 0. The van der Waals surface area contributed by atoms with Gasteiger partial charge >= 0.3 is 0 Å². The fourth-order valence-electron chi connectivity index (χ4n) is 2.38. The van der Waals surface area contributed by atoms with Gasteiger partial charge in [-0.25, -0.2) is 0 Å². The molecular formula is C15H21NOS. The summed E-state index contributed by atoms with van der Waals surface area (Å²) in [6.07, 6.45) is 7.13. The van der Waals surface area contributed by atoms with Gasteiger partial charge in [0.2, 0.25) is 0 Å². The smallest absolute Gasteiger partial charge is 0.0700 e. The SMILES string of the molecule is O/N=C1/CCCCCC[C@H]1SCc1ccccc1. The highest BCUT2D eigenvalue weighted by molar-refractivity contribution is 7.99. The Morgan fingerprint density at radius 3 is 2.67 bits per heavy atom. The summed E-state index contributed by atoms with van der Waals surface area (Å²) in [5.41, 5.74) is 2.34. The van der Waals surface area contributed by atoms with E-state index in [1.807, 2.05) is 17.8 Å². The third-order valence-corrected chi connectivity index (χ3v) is 4.85. The summed E-state index contributed by atoms with van der Waals surface area (Å²) in [5.74, 6) is 1.00. The van der Waals surface area contributed by atoms with Crippen molar-refractivity contribution in [2.45, 2.75) is 49.5 Å². The van der Waals surface area contributed by atoms with Gasteiger partial charge in [0.05, 0.1) is 5.71 Å². The maximum atomic E-state index is 9.15. The molecule has 1 aliphatic carbocycles. The average molecular weight is 263 g/mol. The number of hydrogen-bond donors (Lipinski definition) is 1. The van der Waals surface area contributed by atoms with E-state index >= 15 is 0 Å². The molecule has 3 heteroatoms. The zero-order chi connectivity index (χ0) is 12.6. The van der Waals surface area contributed by atoms with Gasteiger partial charge in [-0.05, 0) is 24.8 Å². The van der Waals surface area contributed by atoms with Crippen molar-refractivity contribution >= 4 is 17.5 Å².